The predicted octanol–water partition coefficient (Wildman–Crippen LogP) is 4.60. The van der Waals surface area contributed by atoms with Crippen LogP contribution in [0.4, 0.5) is 0 Å². The van der Waals surface area contributed by atoms with Crippen LogP contribution in [0.3, 0.4) is 0 Å². The zero-order chi connectivity index (χ0) is 13.5. The second kappa shape index (κ2) is 4.58. The van der Waals surface area contributed by atoms with Gasteiger partial charge in [-0.25, -0.2) is 0 Å². The minimum Gasteiger partial charge on any atom is -0.361 e. The van der Waals surface area contributed by atoms with E-state index in [1.165, 1.54) is 11.1 Å². The van der Waals surface area contributed by atoms with Crippen LogP contribution in [-0.2, 0) is 0 Å². The Morgan fingerprint density at radius 1 is 1.11 bits per heavy atom. The topological polar surface area (TPSA) is 3.01 Å². The molecule has 2 heteroatoms. The Labute approximate surface area is 113 Å². The third-order valence-electron chi connectivity index (χ3n) is 3.78. The summed E-state index contributed by atoms with van der Waals surface area (Å²) in [5.74, 6) is 0. The van der Waals surface area contributed by atoms with Gasteiger partial charge in [0.25, 0.3) is 0 Å². The highest BCUT2D eigenvalue weighted by Gasteiger charge is 2.51. The van der Waals surface area contributed by atoms with Gasteiger partial charge in [-0.05, 0) is 26.3 Å². The molecule has 0 N–H and O–H groups in total. The molecule has 18 heavy (non-hydrogen) atoms. The fourth-order valence-corrected chi connectivity index (χ4v) is 5.27. The Balaban J connectivity index is 2.27. The number of nitrogens with zero attached hydrogens (tertiary/aromatic N) is 1. The molecule has 0 aliphatic carbocycles. The van der Waals surface area contributed by atoms with Crippen molar-refractivity contribution in [1.29, 1.82) is 0 Å². The molecule has 0 saturated carbocycles. The molecule has 0 bridgehead atoms. The zero-order valence-corrected chi connectivity index (χ0v) is 13.5. The van der Waals surface area contributed by atoms with Crippen molar-refractivity contribution < 1.29 is 0 Å². The van der Waals surface area contributed by atoms with Crippen molar-refractivity contribution in [3.8, 4) is 0 Å². The van der Waals surface area contributed by atoms with E-state index in [-0.39, 0.29) is 0 Å². The van der Waals surface area contributed by atoms with E-state index in [1.807, 2.05) is 0 Å². The Kier molecular flexibility index (Phi) is 3.41. The molecule has 2 rings (SSSR count). The highest BCUT2D eigenvalue weighted by Crippen LogP contribution is 2.48. The second-order valence-electron chi connectivity index (χ2n) is 6.65. The maximum atomic E-state index is 2.64. The van der Waals surface area contributed by atoms with Crippen LogP contribution >= 0.6 is 0 Å². The Morgan fingerprint density at radius 2 is 1.67 bits per heavy atom. The predicted molar refractivity (Wildman–Crippen MR) is 82.2 cm³/mol. The number of hydrogen-bond acceptors (Lipinski definition) is 1. The second-order valence-corrected chi connectivity index (χ2v) is 11.9. The molecule has 1 nitrogen and oxygen atoms in total. The third kappa shape index (κ3) is 2.39. The first-order valence-corrected chi connectivity index (χ1v) is 10.4. The normalized spacial score (nSPS) is 20.9. The lowest BCUT2D eigenvalue weighted by molar-refractivity contribution is 0.445. The largest absolute Gasteiger partial charge is 0.361 e. The molecular weight excluding hydrogens is 234 g/mol. The molecule has 0 amide bonds. The van der Waals surface area contributed by atoms with Crippen molar-refractivity contribution in [3.05, 3.63) is 47.2 Å². The summed E-state index contributed by atoms with van der Waals surface area (Å²) in [6.07, 6.45) is 0. The molecule has 1 saturated heterocycles. The van der Waals surface area contributed by atoms with Crippen LogP contribution in [0.25, 0.3) is 0 Å². The van der Waals surface area contributed by atoms with Crippen LogP contribution in [0.1, 0.15) is 32.4 Å². The van der Waals surface area contributed by atoms with E-state index in [2.05, 4.69) is 75.6 Å². The van der Waals surface area contributed by atoms with Crippen molar-refractivity contribution in [3.63, 3.8) is 0 Å². The van der Waals surface area contributed by atoms with Gasteiger partial charge in [0.15, 0.2) is 0 Å². The highest BCUT2D eigenvalue weighted by molar-refractivity contribution is 6.79. The summed E-state index contributed by atoms with van der Waals surface area (Å²) >= 11 is 0. The summed E-state index contributed by atoms with van der Waals surface area (Å²) in [6, 6.07) is 11.4. The summed E-state index contributed by atoms with van der Waals surface area (Å²) in [5, 5.41) is 0. The van der Waals surface area contributed by atoms with Gasteiger partial charge in [0.1, 0.15) is 0 Å². The first-order chi connectivity index (χ1) is 8.34. The van der Waals surface area contributed by atoms with Crippen molar-refractivity contribution in [1.82, 2.24) is 4.90 Å². The Bertz CT molecular complexity index is 452. The molecule has 1 fully saturated rings. The van der Waals surface area contributed by atoms with E-state index in [4.69, 9.17) is 0 Å². The number of rotatable bonds is 3. The van der Waals surface area contributed by atoms with Gasteiger partial charge >= 0.3 is 0 Å². The average molecular weight is 259 g/mol. The first-order valence-electron chi connectivity index (χ1n) is 6.84. The lowest BCUT2D eigenvalue weighted by Gasteiger charge is -2.20. The summed E-state index contributed by atoms with van der Waals surface area (Å²) in [7, 11) is -1.14. The average Bonchev–Trinajstić information content (AvgIpc) is 3.04. The monoisotopic (exact) mass is 259 g/mol. The standard InChI is InChI=1S/C16H25NSi/c1-12(2)15-16(18(4,5)6)17(15)13(3)14-10-8-7-9-11-14/h7-11,13,16H,1-6H3/t13-,16-,17?/m1/s1. The van der Waals surface area contributed by atoms with Crippen LogP contribution in [0.5, 0.6) is 0 Å². The van der Waals surface area contributed by atoms with Crippen molar-refractivity contribution in [2.45, 2.75) is 52.1 Å². The maximum Gasteiger partial charge on any atom is 0.0780 e. The zero-order valence-electron chi connectivity index (χ0n) is 12.5. The van der Waals surface area contributed by atoms with Gasteiger partial charge < -0.3 is 4.90 Å². The Hall–Kier alpha value is -1.02. The van der Waals surface area contributed by atoms with E-state index < -0.39 is 8.07 Å². The van der Waals surface area contributed by atoms with Gasteiger partial charge in [-0.3, -0.25) is 0 Å². The van der Waals surface area contributed by atoms with Crippen LogP contribution in [0.2, 0.25) is 19.6 Å². The maximum absolute atomic E-state index is 2.64. The lowest BCUT2D eigenvalue weighted by atomic mass is 10.1. The van der Waals surface area contributed by atoms with E-state index in [9.17, 15) is 0 Å². The van der Waals surface area contributed by atoms with Crippen LogP contribution in [0.15, 0.2) is 41.6 Å². The summed E-state index contributed by atoms with van der Waals surface area (Å²) < 4.78 is 0. The molecule has 1 aromatic carbocycles. The third-order valence-corrected chi connectivity index (χ3v) is 5.97. The van der Waals surface area contributed by atoms with E-state index in [0.717, 1.165) is 5.67 Å². The van der Waals surface area contributed by atoms with E-state index >= 15 is 0 Å². The van der Waals surface area contributed by atoms with Crippen molar-refractivity contribution in [2.24, 2.45) is 0 Å². The van der Waals surface area contributed by atoms with Gasteiger partial charge in [-0.15, -0.1) is 0 Å². The number of benzene rings is 1. The van der Waals surface area contributed by atoms with Gasteiger partial charge in [0.05, 0.1) is 19.8 Å². The highest BCUT2D eigenvalue weighted by atomic mass is 28.3. The van der Waals surface area contributed by atoms with Gasteiger partial charge in [-0.1, -0.05) is 55.5 Å². The summed E-state index contributed by atoms with van der Waals surface area (Å²) in [5.41, 5.74) is 5.26. The smallest absolute Gasteiger partial charge is 0.0780 e. The first kappa shape index (κ1) is 13.4. The van der Waals surface area contributed by atoms with E-state index in [1.54, 1.807) is 5.70 Å². The van der Waals surface area contributed by atoms with Gasteiger partial charge in [0, 0.05) is 5.70 Å². The fraction of sp³-hybridized carbons (Fsp3) is 0.500. The number of hydrogen-bond donors (Lipinski definition) is 0. The van der Waals surface area contributed by atoms with Crippen LogP contribution < -0.4 is 0 Å². The quantitative estimate of drug-likeness (QED) is 0.566. The summed E-state index contributed by atoms with van der Waals surface area (Å²) in [4.78, 5) is 2.64. The molecule has 2 atom stereocenters. The fourth-order valence-electron chi connectivity index (χ4n) is 2.89. The molecule has 0 aromatic heterocycles. The summed E-state index contributed by atoms with van der Waals surface area (Å²) in [6.45, 7) is 14.2. The van der Waals surface area contributed by atoms with Crippen LogP contribution in [0, 0.1) is 0 Å². The molecule has 0 unspecified atom stereocenters. The molecule has 1 aliphatic rings. The Morgan fingerprint density at radius 3 is 2.06 bits per heavy atom. The van der Waals surface area contributed by atoms with Gasteiger partial charge in [-0.2, -0.15) is 0 Å². The molecule has 0 spiro atoms. The van der Waals surface area contributed by atoms with Gasteiger partial charge in [0.2, 0.25) is 0 Å². The molecule has 1 aromatic rings. The minimum absolute atomic E-state index is 0.507. The molecular formula is C16H25NSi. The molecule has 1 heterocycles. The van der Waals surface area contributed by atoms with Crippen molar-refractivity contribution >= 4 is 8.07 Å². The van der Waals surface area contributed by atoms with Crippen LogP contribution in [-0.4, -0.2) is 18.6 Å². The minimum atomic E-state index is -1.14. The molecule has 1 aliphatic heterocycles. The molecule has 0 radical (unpaired) electrons. The van der Waals surface area contributed by atoms with Crippen molar-refractivity contribution in [2.75, 3.05) is 0 Å². The number of allylic oxidation sites excluding steroid dienone is 1. The lowest BCUT2D eigenvalue weighted by Crippen LogP contribution is -2.32. The SMILES string of the molecule is CC(C)=C1[C@@H]([Si](C)(C)C)N1[C@H](C)c1ccccc1. The molecule has 98 valence electrons. The van der Waals surface area contributed by atoms with E-state index in [0.29, 0.717) is 6.04 Å².